The zero-order chi connectivity index (χ0) is 25.5. The molecule has 0 unspecified atom stereocenters. The van der Waals surface area contributed by atoms with Crippen LogP contribution in [-0.4, -0.2) is 16.1 Å². The molecule has 3 aromatic carbocycles. The quantitative estimate of drug-likeness (QED) is 0.239. The third kappa shape index (κ3) is 4.27. The number of fused-ring (bicyclic) bond motifs is 3. The van der Waals surface area contributed by atoms with Crippen molar-refractivity contribution < 1.29 is 19.1 Å². The number of aryl methyl sites for hydroxylation is 1. The summed E-state index contributed by atoms with van der Waals surface area (Å²) in [7, 11) is 0. The second-order valence-corrected chi connectivity index (χ2v) is 9.26. The first-order chi connectivity index (χ1) is 18.0. The predicted molar refractivity (Wildman–Crippen MR) is 142 cm³/mol. The van der Waals surface area contributed by atoms with Gasteiger partial charge in [0, 0.05) is 22.4 Å². The average Bonchev–Trinajstić information content (AvgIpc) is 3.28. The van der Waals surface area contributed by atoms with Crippen LogP contribution in [0.4, 0.5) is 0 Å². The molecule has 6 nitrogen and oxygen atoms in total. The van der Waals surface area contributed by atoms with Gasteiger partial charge in [0.15, 0.2) is 0 Å². The van der Waals surface area contributed by atoms with E-state index in [1.165, 1.54) is 6.07 Å². The number of allylic oxidation sites excluding steroid dienone is 1. The van der Waals surface area contributed by atoms with Crippen molar-refractivity contribution in [3.63, 3.8) is 0 Å². The van der Waals surface area contributed by atoms with Crippen LogP contribution in [0, 0.1) is 6.92 Å². The number of carbonyl (C=O) groups is 1. The van der Waals surface area contributed by atoms with E-state index in [4.69, 9.17) is 14.1 Å². The number of hydrogen-bond donors (Lipinski definition) is 1. The molecule has 6 rings (SSSR count). The standard InChI is InChI=1S/C31H23NO5/c1-18-6-12-23-21(16-28(34)37-27(23)14-18)17-36-31(35)29-24-4-2-3-5-26(24)32-30-20(9-13-25(29)30)15-19-7-10-22(33)11-8-19/h2-8,10-12,14-16,33H,9,13,17H2,1H3. The molecule has 0 spiro atoms. The van der Waals surface area contributed by atoms with Crippen LogP contribution < -0.4 is 5.63 Å². The summed E-state index contributed by atoms with van der Waals surface area (Å²) in [6.45, 7) is 1.87. The van der Waals surface area contributed by atoms with Gasteiger partial charge in [-0.2, -0.15) is 0 Å². The monoisotopic (exact) mass is 489 g/mol. The Hall–Kier alpha value is -4.71. The molecule has 0 atom stereocenters. The average molecular weight is 490 g/mol. The molecule has 1 aliphatic rings. The minimum Gasteiger partial charge on any atom is -0.508 e. The van der Waals surface area contributed by atoms with E-state index < -0.39 is 11.6 Å². The smallest absolute Gasteiger partial charge is 0.339 e. The largest absolute Gasteiger partial charge is 0.508 e. The lowest BCUT2D eigenvalue weighted by Crippen LogP contribution is -2.11. The zero-order valence-electron chi connectivity index (χ0n) is 20.2. The summed E-state index contributed by atoms with van der Waals surface area (Å²) < 4.78 is 11.1. The summed E-state index contributed by atoms with van der Waals surface area (Å²) >= 11 is 0. The molecule has 2 heterocycles. The number of rotatable bonds is 4. The molecule has 0 saturated heterocycles. The van der Waals surface area contributed by atoms with Gasteiger partial charge in [-0.3, -0.25) is 0 Å². The molecule has 0 saturated carbocycles. The van der Waals surface area contributed by atoms with Gasteiger partial charge in [-0.25, -0.2) is 14.6 Å². The third-order valence-corrected chi connectivity index (χ3v) is 6.72. The van der Waals surface area contributed by atoms with Gasteiger partial charge in [0.25, 0.3) is 0 Å². The Morgan fingerprint density at radius 1 is 1.03 bits per heavy atom. The van der Waals surface area contributed by atoms with Gasteiger partial charge in [-0.15, -0.1) is 0 Å². The summed E-state index contributed by atoms with van der Waals surface area (Å²) in [5.74, 6) is -0.239. The number of phenolic OH excluding ortho intramolecular Hbond substituents is 1. The predicted octanol–water partition coefficient (Wildman–Crippen LogP) is 6.20. The first kappa shape index (κ1) is 22.7. The number of benzene rings is 3. The number of phenols is 1. The van der Waals surface area contributed by atoms with Gasteiger partial charge in [0.1, 0.15) is 17.9 Å². The highest BCUT2D eigenvalue weighted by Gasteiger charge is 2.27. The summed E-state index contributed by atoms with van der Waals surface area (Å²) in [5, 5.41) is 11.1. The lowest BCUT2D eigenvalue weighted by molar-refractivity contribution is 0.0475. The fourth-order valence-corrected chi connectivity index (χ4v) is 4.96. The van der Waals surface area contributed by atoms with Crippen molar-refractivity contribution in [1.82, 2.24) is 4.98 Å². The minimum absolute atomic E-state index is 0.0500. The lowest BCUT2D eigenvalue weighted by atomic mass is 10.0. The van der Waals surface area contributed by atoms with E-state index in [0.29, 0.717) is 28.6 Å². The first-order valence-electron chi connectivity index (χ1n) is 12.1. The second-order valence-electron chi connectivity index (χ2n) is 9.26. The van der Waals surface area contributed by atoms with E-state index in [1.807, 2.05) is 61.5 Å². The van der Waals surface area contributed by atoms with Crippen LogP contribution in [0.15, 0.2) is 82.0 Å². The van der Waals surface area contributed by atoms with Crippen LogP contribution in [0.1, 0.15) is 44.7 Å². The van der Waals surface area contributed by atoms with Crippen LogP contribution in [-0.2, 0) is 17.8 Å². The highest BCUT2D eigenvalue weighted by Crippen LogP contribution is 2.38. The van der Waals surface area contributed by atoms with E-state index in [2.05, 4.69) is 0 Å². The van der Waals surface area contributed by atoms with Crippen molar-refractivity contribution >= 4 is 39.5 Å². The maximum absolute atomic E-state index is 13.6. The number of pyridine rings is 1. The number of carbonyl (C=O) groups excluding carboxylic acids is 1. The van der Waals surface area contributed by atoms with Crippen molar-refractivity contribution in [3.8, 4) is 5.75 Å². The molecular formula is C31H23NO5. The molecule has 2 aromatic heterocycles. The normalized spacial score (nSPS) is 13.8. The Morgan fingerprint density at radius 2 is 1.84 bits per heavy atom. The SMILES string of the molecule is Cc1ccc2c(COC(=O)c3c4c(nc5ccccc35)C(=Cc3ccc(O)cc3)CC4)cc(=O)oc2c1. The number of para-hydroxylation sites is 1. The van der Waals surface area contributed by atoms with Crippen LogP contribution in [0.25, 0.3) is 33.5 Å². The number of hydrogen-bond acceptors (Lipinski definition) is 6. The van der Waals surface area contributed by atoms with Crippen LogP contribution in [0.2, 0.25) is 0 Å². The highest BCUT2D eigenvalue weighted by molar-refractivity contribution is 6.07. The summed E-state index contributed by atoms with van der Waals surface area (Å²) in [6, 6.07) is 21.5. The molecule has 0 amide bonds. The summed E-state index contributed by atoms with van der Waals surface area (Å²) in [5.41, 5.74) is 6.42. The molecule has 0 aliphatic heterocycles. The Kier molecular flexibility index (Phi) is 5.57. The zero-order valence-corrected chi connectivity index (χ0v) is 20.2. The van der Waals surface area contributed by atoms with E-state index in [9.17, 15) is 14.7 Å². The van der Waals surface area contributed by atoms with Crippen molar-refractivity contribution in [2.45, 2.75) is 26.4 Å². The van der Waals surface area contributed by atoms with E-state index in [1.54, 1.807) is 18.2 Å². The highest BCUT2D eigenvalue weighted by atomic mass is 16.5. The molecular weight excluding hydrogens is 466 g/mol. The molecule has 0 fully saturated rings. The van der Waals surface area contributed by atoms with Crippen molar-refractivity contribution in [2.24, 2.45) is 0 Å². The fourth-order valence-electron chi connectivity index (χ4n) is 4.96. The molecule has 0 bridgehead atoms. The van der Waals surface area contributed by atoms with Crippen molar-refractivity contribution in [3.05, 3.63) is 117 Å². The molecule has 182 valence electrons. The maximum Gasteiger partial charge on any atom is 0.339 e. The second kappa shape index (κ2) is 9.06. The van der Waals surface area contributed by atoms with Gasteiger partial charge in [0.2, 0.25) is 0 Å². The third-order valence-electron chi connectivity index (χ3n) is 6.72. The van der Waals surface area contributed by atoms with Crippen LogP contribution in [0.3, 0.4) is 0 Å². The molecule has 0 radical (unpaired) electrons. The molecule has 5 aromatic rings. The van der Waals surface area contributed by atoms with Gasteiger partial charge < -0.3 is 14.3 Å². The molecule has 1 aliphatic carbocycles. The van der Waals surface area contributed by atoms with Gasteiger partial charge >= 0.3 is 11.6 Å². The molecule has 37 heavy (non-hydrogen) atoms. The fraction of sp³-hybridized carbons (Fsp3) is 0.129. The number of esters is 1. The number of aromatic hydroxyl groups is 1. The molecule has 1 N–H and O–H groups in total. The van der Waals surface area contributed by atoms with Crippen LogP contribution >= 0.6 is 0 Å². The van der Waals surface area contributed by atoms with Crippen molar-refractivity contribution in [2.75, 3.05) is 0 Å². The first-order valence-corrected chi connectivity index (χ1v) is 12.1. The number of ether oxygens (including phenoxy) is 1. The lowest BCUT2D eigenvalue weighted by Gasteiger charge is -2.13. The van der Waals surface area contributed by atoms with E-state index in [0.717, 1.165) is 45.2 Å². The Morgan fingerprint density at radius 3 is 2.68 bits per heavy atom. The van der Waals surface area contributed by atoms with E-state index >= 15 is 0 Å². The minimum atomic E-state index is -0.483. The summed E-state index contributed by atoms with van der Waals surface area (Å²) in [4.78, 5) is 30.6. The number of nitrogens with zero attached hydrogens (tertiary/aromatic N) is 1. The Labute approximate surface area is 212 Å². The van der Waals surface area contributed by atoms with Crippen LogP contribution in [0.5, 0.6) is 5.75 Å². The van der Waals surface area contributed by atoms with E-state index in [-0.39, 0.29) is 12.4 Å². The maximum atomic E-state index is 13.6. The van der Waals surface area contributed by atoms with Gasteiger partial charge in [0.05, 0.1) is 16.8 Å². The Bertz CT molecular complexity index is 1780. The summed E-state index contributed by atoms with van der Waals surface area (Å²) in [6.07, 6.45) is 3.45. The number of aromatic nitrogens is 1. The molecule has 6 heteroatoms. The Balaban J connectivity index is 1.39. The van der Waals surface area contributed by atoms with Crippen molar-refractivity contribution in [1.29, 1.82) is 0 Å². The van der Waals surface area contributed by atoms with Gasteiger partial charge in [-0.05, 0) is 72.4 Å². The van der Waals surface area contributed by atoms with Gasteiger partial charge in [-0.1, -0.05) is 42.5 Å². The topological polar surface area (TPSA) is 89.6 Å².